The molecule has 0 spiro atoms. The van der Waals surface area contributed by atoms with Crippen molar-refractivity contribution >= 4 is 34.6 Å². The van der Waals surface area contributed by atoms with Gasteiger partial charge in [0, 0.05) is 10.9 Å². The van der Waals surface area contributed by atoms with Crippen LogP contribution in [0.4, 0.5) is 0 Å². The molecule has 0 fully saturated rings. The Hall–Kier alpha value is -2.07. The Morgan fingerprint density at radius 3 is 2.63 bits per heavy atom. The third kappa shape index (κ3) is 2.69. The van der Waals surface area contributed by atoms with Gasteiger partial charge in [0.1, 0.15) is 5.75 Å². The number of hydrogen-bond acceptors (Lipinski definition) is 4. The van der Waals surface area contributed by atoms with Gasteiger partial charge in [0.15, 0.2) is 12.9 Å². The Balaban J connectivity index is 2.51. The summed E-state index contributed by atoms with van der Waals surface area (Å²) in [7, 11) is 1.28. The molecule has 5 heteroatoms. The molecule has 0 atom stereocenters. The zero-order valence-electron chi connectivity index (χ0n) is 10.2. The van der Waals surface area contributed by atoms with E-state index >= 15 is 0 Å². The molecule has 2 aromatic carbocycles. The molecule has 0 N–H and O–H groups in total. The van der Waals surface area contributed by atoms with Gasteiger partial charge in [0.2, 0.25) is 0 Å². The van der Waals surface area contributed by atoms with Gasteiger partial charge in [-0.05, 0) is 11.5 Å². The van der Waals surface area contributed by atoms with Gasteiger partial charge < -0.3 is 9.47 Å². The van der Waals surface area contributed by atoms with Crippen LogP contribution in [0, 0.1) is 0 Å². The third-order valence-electron chi connectivity index (χ3n) is 2.67. The van der Waals surface area contributed by atoms with Crippen molar-refractivity contribution in [2.75, 3.05) is 13.7 Å². The minimum atomic E-state index is -0.500. The van der Waals surface area contributed by atoms with Crippen LogP contribution in [0.2, 0.25) is 5.02 Å². The van der Waals surface area contributed by atoms with E-state index in [1.807, 2.05) is 6.07 Å². The number of benzene rings is 2. The van der Waals surface area contributed by atoms with Crippen molar-refractivity contribution in [3.63, 3.8) is 0 Å². The predicted molar refractivity (Wildman–Crippen MR) is 71.9 cm³/mol. The molecule has 0 saturated heterocycles. The van der Waals surface area contributed by atoms with Crippen molar-refractivity contribution in [1.82, 2.24) is 0 Å². The number of carbonyl (C=O) groups excluding carboxylic acids is 2. The quantitative estimate of drug-likeness (QED) is 0.637. The zero-order valence-corrected chi connectivity index (χ0v) is 10.9. The Morgan fingerprint density at radius 1 is 1.32 bits per heavy atom. The number of esters is 1. The van der Waals surface area contributed by atoms with Gasteiger partial charge in [0.05, 0.1) is 12.1 Å². The van der Waals surface area contributed by atoms with E-state index in [9.17, 15) is 9.59 Å². The summed E-state index contributed by atoms with van der Waals surface area (Å²) in [4.78, 5) is 22.1. The first-order valence-electron chi connectivity index (χ1n) is 5.53. The lowest BCUT2D eigenvalue weighted by Crippen LogP contribution is -2.13. The standard InChI is InChI=1S/C14H11ClO4/c1-18-13(17)8-19-14-11-5-3-2-4-10(11)9(7-16)6-12(14)15/h2-7H,8H2,1H3. The number of methoxy groups -OCH3 is 1. The van der Waals surface area contributed by atoms with E-state index in [4.69, 9.17) is 16.3 Å². The summed E-state index contributed by atoms with van der Waals surface area (Å²) >= 11 is 6.08. The van der Waals surface area contributed by atoms with Crippen LogP contribution in [-0.4, -0.2) is 26.0 Å². The molecule has 0 heterocycles. The van der Waals surface area contributed by atoms with Crippen LogP contribution in [0.15, 0.2) is 30.3 Å². The molecule has 0 saturated carbocycles. The van der Waals surface area contributed by atoms with Crippen molar-refractivity contribution in [2.45, 2.75) is 0 Å². The lowest BCUT2D eigenvalue weighted by molar-refractivity contribution is -0.142. The first-order valence-corrected chi connectivity index (χ1v) is 5.91. The highest BCUT2D eigenvalue weighted by Crippen LogP contribution is 2.35. The van der Waals surface area contributed by atoms with Crippen molar-refractivity contribution in [1.29, 1.82) is 0 Å². The van der Waals surface area contributed by atoms with Crippen LogP contribution in [0.5, 0.6) is 5.75 Å². The maximum absolute atomic E-state index is 11.1. The van der Waals surface area contributed by atoms with Gasteiger partial charge >= 0.3 is 5.97 Å². The fourth-order valence-electron chi connectivity index (χ4n) is 1.78. The summed E-state index contributed by atoms with van der Waals surface area (Å²) in [6, 6.07) is 8.70. The molecule has 0 aliphatic rings. The second kappa shape index (κ2) is 5.71. The monoisotopic (exact) mass is 278 g/mol. The first-order chi connectivity index (χ1) is 9.17. The molecule has 0 bridgehead atoms. The van der Waals surface area contributed by atoms with Crippen molar-refractivity contribution in [3.05, 3.63) is 40.9 Å². The average Bonchev–Trinajstić information content (AvgIpc) is 2.45. The fourth-order valence-corrected chi connectivity index (χ4v) is 2.05. The van der Waals surface area contributed by atoms with Crippen LogP contribution in [0.1, 0.15) is 10.4 Å². The van der Waals surface area contributed by atoms with Crippen LogP contribution in [-0.2, 0) is 9.53 Å². The van der Waals surface area contributed by atoms with E-state index in [0.29, 0.717) is 16.7 Å². The largest absolute Gasteiger partial charge is 0.480 e. The number of ether oxygens (including phenoxy) is 2. The third-order valence-corrected chi connectivity index (χ3v) is 2.95. The minimum absolute atomic E-state index is 0.235. The number of fused-ring (bicyclic) bond motifs is 1. The van der Waals surface area contributed by atoms with Crippen LogP contribution >= 0.6 is 11.6 Å². The summed E-state index contributed by atoms with van der Waals surface area (Å²) in [5.74, 6) is -0.132. The van der Waals surface area contributed by atoms with E-state index in [-0.39, 0.29) is 11.6 Å². The van der Waals surface area contributed by atoms with Crippen LogP contribution in [0.3, 0.4) is 0 Å². The molecule has 0 aliphatic carbocycles. The molecule has 0 unspecified atom stereocenters. The van der Waals surface area contributed by atoms with E-state index in [2.05, 4.69) is 4.74 Å². The molecular weight excluding hydrogens is 268 g/mol. The van der Waals surface area contributed by atoms with Gasteiger partial charge in [-0.2, -0.15) is 0 Å². The maximum Gasteiger partial charge on any atom is 0.343 e. The van der Waals surface area contributed by atoms with Gasteiger partial charge in [0.25, 0.3) is 0 Å². The highest BCUT2D eigenvalue weighted by molar-refractivity contribution is 6.34. The Labute approximate surface area is 114 Å². The minimum Gasteiger partial charge on any atom is -0.480 e. The molecule has 4 nitrogen and oxygen atoms in total. The second-order valence-electron chi connectivity index (χ2n) is 3.80. The van der Waals surface area contributed by atoms with Crippen molar-refractivity contribution in [2.24, 2.45) is 0 Å². The molecule has 0 aromatic heterocycles. The first kappa shape index (κ1) is 13.4. The average molecular weight is 279 g/mol. The van der Waals surface area contributed by atoms with Crippen molar-refractivity contribution < 1.29 is 19.1 Å². The molecular formula is C14H11ClO4. The highest BCUT2D eigenvalue weighted by atomic mass is 35.5. The summed E-state index contributed by atoms with van der Waals surface area (Å²) < 4.78 is 9.89. The lowest BCUT2D eigenvalue weighted by atomic mass is 10.0. The van der Waals surface area contributed by atoms with E-state index < -0.39 is 5.97 Å². The number of aldehydes is 1. The van der Waals surface area contributed by atoms with Crippen LogP contribution < -0.4 is 4.74 Å². The Morgan fingerprint density at radius 2 is 2.00 bits per heavy atom. The zero-order chi connectivity index (χ0) is 13.8. The summed E-state index contributed by atoms with van der Waals surface area (Å²) in [6.45, 7) is -0.235. The molecule has 0 aliphatic heterocycles. The predicted octanol–water partition coefficient (Wildman–Crippen LogP) is 2.86. The normalized spacial score (nSPS) is 10.2. The second-order valence-corrected chi connectivity index (χ2v) is 4.21. The fraction of sp³-hybridized carbons (Fsp3) is 0.143. The Bertz CT molecular complexity index is 637. The number of halogens is 1. The summed E-state index contributed by atoms with van der Waals surface area (Å²) in [5, 5.41) is 1.69. The molecule has 2 aromatic rings. The van der Waals surface area contributed by atoms with Gasteiger partial charge in [-0.3, -0.25) is 4.79 Å². The molecule has 0 amide bonds. The SMILES string of the molecule is COC(=O)COc1c(Cl)cc(C=O)c2ccccc12. The van der Waals surface area contributed by atoms with Gasteiger partial charge in [-0.25, -0.2) is 4.79 Å². The highest BCUT2D eigenvalue weighted by Gasteiger charge is 2.13. The number of carbonyl (C=O) groups is 2. The van der Waals surface area contributed by atoms with E-state index in [1.54, 1.807) is 18.2 Å². The number of hydrogen-bond donors (Lipinski definition) is 0. The molecule has 0 radical (unpaired) electrons. The molecule has 19 heavy (non-hydrogen) atoms. The van der Waals surface area contributed by atoms with Gasteiger partial charge in [-0.1, -0.05) is 35.9 Å². The molecule has 98 valence electrons. The number of rotatable bonds is 4. The van der Waals surface area contributed by atoms with Crippen molar-refractivity contribution in [3.8, 4) is 5.75 Å². The van der Waals surface area contributed by atoms with E-state index in [0.717, 1.165) is 11.7 Å². The summed E-state index contributed by atoms with van der Waals surface area (Å²) in [6.07, 6.45) is 0.734. The summed E-state index contributed by atoms with van der Waals surface area (Å²) in [5.41, 5.74) is 0.478. The topological polar surface area (TPSA) is 52.6 Å². The molecule has 2 rings (SSSR count). The lowest BCUT2D eigenvalue weighted by Gasteiger charge is -2.11. The van der Waals surface area contributed by atoms with Gasteiger partial charge in [-0.15, -0.1) is 0 Å². The smallest absolute Gasteiger partial charge is 0.343 e. The Kier molecular flexibility index (Phi) is 4.02. The maximum atomic E-state index is 11.1. The van der Waals surface area contributed by atoms with E-state index in [1.165, 1.54) is 13.2 Å². The van der Waals surface area contributed by atoms with Crippen LogP contribution in [0.25, 0.3) is 10.8 Å².